The highest BCUT2D eigenvalue weighted by Crippen LogP contribution is 2.18. The Morgan fingerprint density at radius 3 is 2.54 bits per heavy atom. The van der Waals surface area contributed by atoms with Crippen LogP contribution in [0.15, 0.2) is 46.1 Å². The first kappa shape index (κ1) is 17.4. The summed E-state index contributed by atoms with van der Waals surface area (Å²) >= 11 is 0. The van der Waals surface area contributed by atoms with Crippen LogP contribution < -0.4 is 21.3 Å². The number of hydrogen-bond donors (Lipinski definition) is 1. The van der Waals surface area contributed by atoms with E-state index in [0.29, 0.717) is 11.4 Å². The van der Waals surface area contributed by atoms with Crippen LogP contribution in [-0.4, -0.2) is 27.1 Å². The van der Waals surface area contributed by atoms with E-state index in [1.54, 1.807) is 12.1 Å². The lowest BCUT2D eigenvalue weighted by Gasteiger charge is -2.12. The van der Waals surface area contributed by atoms with E-state index >= 15 is 0 Å². The molecule has 0 saturated heterocycles. The fraction of sp³-hybridized carbons (Fsp3) is 0.222. The van der Waals surface area contributed by atoms with Crippen molar-refractivity contribution in [2.45, 2.75) is 13.5 Å². The minimum Gasteiger partial charge on any atom is -0.496 e. The van der Waals surface area contributed by atoms with E-state index in [1.165, 1.54) is 31.0 Å². The van der Waals surface area contributed by atoms with Gasteiger partial charge in [-0.2, -0.15) is 0 Å². The first-order chi connectivity index (χ1) is 12.4. The highest BCUT2D eigenvalue weighted by molar-refractivity contribution is 5.90. The predicted molar refractivity (Wildman–Crippen MR) is 97.6 cm³/mol. The summed E-state index contributed by atoms with van der Waals surface area (Å²) in [6.07, 6.45) is 1.45. The van der Waals surface area contributed by atoms with Gasteiger partial charge in [-0.05, 0) is 25.1 Å². The second-order valence-electron chi connectivity index (χ2n) is 5.86. The lowest BCUT2D eigenvalue weighted by molar-refractivity contribution is -0.116. The fourth-order valence-electron chi connectivity index (χ4n) is 2.67. The monoisotopic (exact) mass is 354 g/mol. The third kappa shape index (κ3) is 3.08. The molecule has 0 unspecified atom stereocenters. The molecule has 0 saturated carbocycles. The molecule has 8 heteroatoms. The quantitative estimate of drug-likeness (QED) is 0.756. The molecule has 1 amide bonds. The van der Waals surface area contributed by atoms with Crippen molar-refractivity contribution >= 4 is 22.6 Å². The minimum atomic E-state index is -0.623. The second-order valence-corrected chi connectivity index (χ2v) is 5.86. The fourth-order valence-corrected chi connectivity index (χ4v) is 2.67. The van der Waals surface area contributed by atoms with Gasteiger partial charge in [0.25, 0.3) is 5.56 Å². The standard InChI is InChI=1S/C18H18N4O4/c1-11-4-6-12(7-5-11)20-14(23)10-22-17(24)15-13(26-3)8-9-19-16(15)21(2)18(22)25/h4-9H,10H2,1-3H3,(H,20,23). The predicted octanol–water partition coefficient (Wildman–Crippen LogP) is 1.05. The second kappa shape index (κ2) is 6.83. The van der Waals surface area contributed by atoms with E-state index < -0.39 is 23.7 Å². The van der Waals surface area contributed by atoms with E-state index in [4.69, 9.17) is 4.74 Å². The molecule has 0 aliphatic heterocycles. The average Bonchev–Trinajstić information content (AvgIpc) is 2.64. The number of nitrogens with zero attached hydrogens (tertiary/aromatic N) is 3. The number of rotatable bonds is 4. The molecular weight excluding hydrogens is 336 g/mol. The lowest BCUT2D eigenvalue weighted by Crippen LogP contribution is -2.42. The maximum absolute atomic E-state index is 12.8. The zero-order valence-electron chi connectivity index (χ0n) is 14.6. The molecule has 2 aromatic heterocycles. The van der Waals surface area contributed by atoms with Crippen molar-refractivity contribution in [3.63, 3.8) is 0 Å². The normalized spacial score (nSPS) is 10.7. The van der Waals surface area contributed by atoms with Crippen molar-refractivity contribution < 1.29 is 9.53 Å². The molecular formula is C18H18N4O4. The van der Waals surface area contributed by atoms with Gasteiger partial charge < -0.3 is 10.1 Å². The van der Waals surface area contributed by atoms with Gasteiger partial charge >= 0.3 is 5.69 Å². The highest BCUT2D eigenvalue weighted by Gasteiger charge is 2.17. The van der Waals surface area contributed by atoms with Crippen molar-refractivity contribution in [2.75, 3.05) is 12.4 Å². The number of benzene rings is 1. The molecule has 0 radical (unpaired) electrons. The summed E-state index contributed by atoms with van der Waals surface area (Å²) in [4.78, 5) is 41.6. The van der Waals surface area contributed by atoms with E-state index in [-0.39, 0.29) is 11.0 Å². The number of aryl methyl sites for hydroxylation is 2. The molecule has 0 atom stereocenters. The van der Waals surface area contributed by atoms with Gasteiger partial charge in [0.15, 0.2) is 5.65 Å². The van der Waals surface area contributed by atoms with E-state index in [2.05, 4.69) is 10.3 Å². The molecule has 134 valence electrons. The summed E-state index contributed by atoms with van der Waals surface area (Å²) in [5.41, 5.74) is 0.608. The largest absolute Gasteiger partial charge is 0.496 e. The topological polar surface area (TPSA) is 95.2 Å². The Kier molecular flexibility index (Phi) is 4.57. The number of ether oxygens (including phenoxy) is 1. The van der Waals surface area contributed by atoms with Crippen LogP contribution in [-0.2, 0) is 18.4 Å². The summed E-state index contributed by atoms with van der Waals surface area (Å²) in [7, 11) is 2.92. The number of carbonyl (C=O) groups is 1. The molecule has 3 aromatic rings. The van der Waals surface area contributed by atoms with Gasteiger partial charge in [-0.3, -0.25) is 14.2 Å². The third-order valence-corrected chi connectivity index (χ3v) is 4.04. The van der Waals surface area contributed by atoms with Crippen LogP contribution >= 0.6 is 0 Å². The SMILES string of the molecule is COc1ccnc2c1c(=O)n(CC(=O)Nc1ccc(C)cc1)c(=O)n2C. The summed E-state index contributed by atoms with van der Waals surface area (Å²) < 4.78 is 7.29. The number of fused-ring (bicyclic) bond motifs is 1. The minimum absolute atomic E-state index is 0.153. The van der Waals surface area contributed by atoms with Gasteiger partial charge in [0, 0.05) is 18.9 Å². The lowest BCUT2D eigenvalue weighted by atomic mass is 10.2. The Balaban J connectivity index is 2.02. The van der Waals surface area contributed by atoms with Crippen LogP contribution in [0.25, 0.3) is 11.0 Å². The Bertz CT molecular complexity index is 1100. The third-order valence-electron chi connectivity index (χ3n) is 4.04. The number of anilines is 1. The number of aromatic nitrogens is 3. The smallest absolute Gasteiger partial charge is 0.332 e. The Morgan fingerprint density at radius 2 is 1.88 bits per heavy atom. The summed E-state index contributed by atoms with van der Waals surface area (Å²) in [5.74, 6) is -0.182. The molecule has 2 heterocycles. The van der Waals surface area contributed by atoms with Crippen LogP contribution in [0.1, 0.15) is 5.56 Å². The van der Waals surface area contributed by atoms with Crippen molar-refractivity contribution in [3.05, 3.63) is 62.9 Å². The summed E-state index contributed by atoms with van der Waals surface area (Å²) in [6, 6.07) is 8.74. The van der Waals surface area contributed by atoms with Gasteiger partial charge in [0.2, 0.25) is 5.91 Å². The number of nitrogens with one attached hydrogen (secondary N) is 1. The Morgan fingerprint density at radius 1 is 1.19 bits per heavy atom. The maximum Gasteiger partial charge on any atom is 0.332 e. The van der Waals surface area contributed by atoms with Gasteiger partial charge in [-0.1, -0.05) is 17.7 Å². The Hall–Kier alpha value is -3.42. The molecule has 0 aliphatic carbocycles. The molecule has 1 aromatic carbocycles. The average molecular weight is 354 g/mol. The van der Waals surface area contributed by atoms with E-state index in [0.717, 1.165) is 10.1 Å². The number of pyridine rings is 1. The Labute approximate surface area is 148 Å². The molecule has 0 aliphatic rings. The van der Waals surface area contributed by atoms with Crippen LogP contribution in [0.2, 0.25) is 0 Å². The van der Waals surface area contributed by atoms with Crippen LogP contribution in [0.4, 0.5) is 5.69 Å². The molecule has 0 spiro atoms. The van der Waals surface area contributed by atoms with Gasteiger partial charge in [-0.15, -0.1) is 0 Å². The molecule has 3 rings (SSSR count). The van der Waals surface area contributed by atoms with Crippen molar-refractivity contribution in [1.29, 1.82) is 0 Å². The first-order valence-electron chi connectivity index (χ1n) is 7.91. The van der Waals surface area contributed by atoms with Crippen LogP contribution in [0.5, 0.6) is 5.75 Å². The zero-order chi connectivity index (χ0) is 18.8. The van der Waals surface area contributed by atoms with Crippen molar-refractivity contribution in [3.8, 4) is 5.75 Å². The van der Waals surface area contributed by atoms with E-state index in [9.17, 15) is 14.4 Å². The highest BCUT2D eigenvalue weighted by atomic mass is 16.5. The van der Waals surface area contributed by atoms with Gasteiger partial charge in [0.05, 0.1) is 7.11 Å². The van der Waals surface area contributed by atoms with Crippen LogP contribution in [0.3, 0.4) is 0 Å². The summed E-state index contributed by atoms with van der Waals surface area (Å²) in [5, 5.41) is 2.83. The van der Waals surface area contributed by atoms with Crippen LogP contribution in [0, 0.1) is 6.92 Å². The van der Waals surface area contributed by atoms with E-state index in [1.807, 2.05) is 19.1 Å². The molecule has 26 heavy (non-hydrogen) atoms. The van der Waals surface area contributed by atoms with Crippen molar-refractivity contribution in [1.82, 2.24) is 14.1 Å². The zero-order valence-corrected chi connectivity index (χ0v) is 14.6. The molecule has 0 fully saturated rings. The number of carbonyl (C=O) groups excluding carboxylic acids is 1. The number of methoxy groups -OCH3 is 1. The number of hydrogen-bond acceptors (Lipinski definition) is 5. The molecule has 0 bridgehead atoms. The van der Waals surface area contributed by atoms with Gasteiger partial charge in [-0.25, -0.2) is 14.3 Å². The number of amides is 1. The molecule has 1 N–H and O–H groups in total. The van der Waals surface area contributed by atoms with Crippen molar-refractivity contribution in [2.24, 2.45) is 7.05 Å². The first-order valence-corrected chi connectivity index (χ1v) is 7.91. The summed E-state index contributed by atoms with van der Waals surface area (Å²) in [6.45, 7) is 1.53. The van der Waals surface area contributed by atoms with Gasteiger partial charge in [0.1, 0.15) is 17.7 Å². The maximum atomic E-state index is 12.8. The molecule has 8 nitrogen and oxygen atoms in total.